The third-order valence-electron chi connectivity index (χ3n) is 17.4. The van der Waals surface area contributed by atoms with Gasteiger partial charge in [0.05, 0.1) is 24.4 Å². The molecule has 17 unspecified atom stereocenters. The van der Waals surface area contributed by atoms with Crippen molar-refractivity contribution in [2.75, 3.05) is 0 Å². The lowest BCUT2D eigenvalue weighted by molar-refractivity contribution is -0.0879. The van der Waals surface area contributed by atoms with E-state index in [1.165, 1.54) is 83.5 Å². The fourth-order valence-electron chi connectivity index (χ4n) is 15.0. The predicted molar refractivity (Wildman–Crippen MR) is 209 cm³/mol. The Morgan fingerprint density at radius 3 is 1.47 bits per heavy atom. The molecule has 0 N–H and O–H groups in total. The summed E-state index contributed by atoms with van der Waals surface area (Å²) < 4.78 is 101. The summed E-state index contributed by atoms with van der Waals surface area (Å²) >= 11 is 0. The minimum absolute atomic E-state index is 0.165. The van der Waals surface area contributed by atoms with Crippen LogP contribution in [0.15, 0.2) is 0 Å². The molecule has 2 aliphatic heterocycles. The van der Waals surface area contributed by atoms with Crippen LogP contribution in [0.3, 0.4) is 0 Å². The first kappa shape index (κ1) is 25.9. The maximum Gasteiger partial charge on any atom is 0.0667 e. The van der Waals surface area contributed by atoms with Crippen LogP contribution in [0.1, 0.15) is 213 Å². The van der Waals surface area contributed by atoms with Crippen LogP contribution < -0.4 is 0 Å². The molecule has 10 rings (SSSR count). The van der Waals surface area contributed by atoms with Gasteiger partial charge in [0, 0.05) is 37.8 Å². The van der Waals surface area contributed by atoms with E-state index < -0.39 is 64.0 Å². The Kier molecular flexibility index (Phi) is 8.03. The van der Waals surface area contributed by atoms with E-state index in [0.29, 0.717) is 66.2 Å². The molecule has 0 aromatic heterocycles. The topological polar surface area (TPSA) is 21.7 Å². The van der Waals surface area contributed by atoms with Gasteiger partial charge in [-0.3, -0.25) is 4.90 Å². The number of hydrogen-bond acceptors (Lipinski definition) is 3. The average molecular weight is 712 g/mol. The summed E-state index contributed by atoms with van der Waals surface area (Å²) in [7, 11) is 0. The molecule has 3 heteroatoms. The van der Waals surface area contributed by atoms with Gasteiger partial charge in [0.1, 0.15) is 0 Å². The fourth-order valence-corrected chi connectivity index (χ4v) is 15.0. The standard InChI is InChI=1S/C48H79NO2/c1-3-10-32(11-4-1)34-18-24-37(25-19-34)49(38-26-20-35(21-27-38)33-12-5-2-6-13-33)39-28-22-36(23-29-39)40-15-9-16-41-42-30-31-45-46(48(42)51-47(40)41)43-14-7-8-17-44(43)50-45/h32-48H,1-31H2/i1D,2D,3D,4D,5D,6D,10D,11D,12D,13D. The number of rotatable bonds is 6. The molecule has 0 radical (unpaired) electrons. The van der Waals surface area contributed by atoms with Crippen molar-refractivity contribution < 1.29 is 23.2 Å². The normalized spacial score (nSPS) is 69.3. The molecule has 0 bridgehead atoms. The van der Waals surface area contributed by atoms with Crippen molar-refractivity contribution in [1.82, 2.24) is 4.90 Å². The second-order valence-corrected chi connectivity index (χ2v) is 19.5. The highest BCUT2D eigenvalue weighted by Crippen LogP contribution is 2.59. The van der Waals surface area contributed by atoms with Gasteiger partial charge in [-0.1, -0.05) is 83.2 Å². The van der Waals surface area contributed by atoms with Gasteiger partial charge < -0.3 is 9.47 Å². The zero-order valence-corrected chi connectivity index (χ0v) is 31.7. The van der Waals surface area contributed by atoms with E-state index in [0.717, 1.165) is 63.2 Å². The van der Waals surface area contributed by atoms with Crippen LogP contribution in [-0.2, 0) is 9.47 Å². The predicted octanol–water partition coefficient (Wildman–Crippen LogP) is 12.3. The van der Waals surface area contributed by atoms with Crippen molar-refractivity contribution >= 4 is 0 Å². The van der Waals surface area contributed by atoms with Gasteiger partial charge in [-0.05, 0) is 169 Å². The van der Waals surface area contributed by atoms with E-state index in [-0.39, 0.29) is 23.7 Å². The highest BCUT2D eigenvalue weighted by Gasteiger charge is 2.60. The van der Waals surface area contributed by atoms with Crippen molar-refractivity contribution in [3.63, 3.8) is 0 Å². The number of ether oxygens (including phenoxy) is 2. The van der Waals surface area contributed by atoms with E-state index >= 15 is 0 Å². The van der Waals surface area contributed by atoms with Crippen LogP contribution >= 0.6 is 0 Å². The van der Waals surface area contributed by atoms with Gasteiger partial charge in [0.2, 0.25) is 0 Å². The van der Waals surface area contributed by atoms with Gasteiger partial charge in [-0.2, -0.15) is 0 Å². The first-order valence-electron chi connectivity index (χ1n) is 28.5. The largest absolute Gasteiger partial charge is 0.374 e. The lowest BCUT2D eigenvalue weighted by atomic mass is 9.62. The molecule has 10 fully saturated rings. The van der Waals surface area contributed by atoms with E-state index in [2.05, 4.69) is 4.90 Å². The molecule has 8 saturated carbocycles. The van der Waals surface area contributed by atoms with Crippen molar-refractivity contribution in [3.05, 3.63) is 0 Å². The molecular weight excluding hydrogens is 623 g/mol. The Hall–Kier alpha value is -0.120. The summed E-state index contributed by atoms with van der Waals surface area (Å²) in [5, 5.41) is 0. The van der Waals surface area contributed by atoms with Crippen LogP contribution in [0.5, 0.6) is 0 Å². The summed E-state index contributed by atoms with van der Waals surface area (Å²) in [5.74, 6) is 3.88. The monoisotopic (exact) mass is 712 g/mol. The van der Waals surface area contributed by atoms with Gasteiger partial charge in [-0.25, -0.2) is 0 Å². The molecule has 51 heavy (non-hydrogen) atoms. The Bertz CT molecular complexity index is 1390. The number of hydrogen-bond donors (Lipinski definition) is 0. The Morgan fingerprint density at radius 2 is 0.863 bits per heavy atom. The minimum Gasteiger partial charge on any atom is -0.374 e. The molecule has 3 nitrogen and oxygen atoms in total. The molecule has 0 aromatic rings. The summed E-state index contributed by atoms with van der Waals surface area (Å²) in [4.78, 5) is 2.95. The molecular formula is C48H79NO2. The van der Waals surface area contributed by atoms with Gasteiger partial charge >= 0.3 is 0 Å². The van der Waals surface area contributed by atoms with E-state index in [1.807, 2.05) is 0 Å². The summed E-state index contributed by atoms with van der Waals surface area (Å²) in [6, 6.07) is 1.35. The highest BCUT2D eigenvalue weighted by atomic mass is 16.5. The number of fused-ring (bicyclic) bond motifs is 7. The zero-order chi connectivity index (χ0) is 42.4. The minimum atomic E-state index is -0.975. The third kappa shape index (κ3) is 6.99. The SMILES string of the molecule is [2H]C1C([2H])C([2H])C(C2CCC(N(C3CCC(C4CCCC5C6CCC7OC8CCCCC8C7C6OC45)CC3)C3CCC(C4C([2H])C([2H])C([2H])C([2H])C4[2H])CC3)CC2)C([2H])C1[2H]. The maximum absolute atomic E-state index is 8.91. The smallest absolute Gasteiger partial charge is 0.0667 e. The first-order chi connectivity index (χ1) is 29.4. The Morgan fingerprint density at radius 1 is 0.353 bits per heavy atom. The lowest BCUT2D eigenvalue weighted by Gasteiger charge is -2.51. The second kappa shape index (κ2) is 15.8. The quantitative estimate of drug-likeness (QED) is 0.274. The molecule has 8 aliphatic carbocycles. The van der Waals surface area contributed by atoms with Crippen molar-refractivity contribution in [3.8, 4) is 0 Å². The van der Waals surface area contributed by atoms with Gasteiger partial charge in [0.25, 0.3) is 0 Å². The van der Waals surface area contributed by atoms with Crippen LogP contribution in [0, 0.1) is 59.2 Å². The second-order valence-electron chi connectivity index (χ2n) is 19.5. The van der Waals surface area contributed by atoms with Crippen molar-refractivity contribution in [2.45, 2.75) is 241 Å². The van der Waals surface area contributed by atoms with Crippen LogP contribution in [-0.4, -0.2) is 47.4 Å². The molecule has 17 atom stereocenters. The highest BCUT2D eigenvalue weighted by molar-refractivity contribution is 5.08. The van der Waals surface area contributed by atoms with Crippen molar-refractivity contribution in [2.24, 2.45) is 59.2 Å². The summed E-state index contributed by atoms with van der Waals surface area (Å²) in [6.45, 7) is 0. The Balaban J connectivity index is 0.825. The Labute approximate surface area is 328 Å². The van der Waals surface area contributed by atoms with Gasteiger partial charge in [-0.15, -0.1) is 0 Å². The molecule has 10 aliphatic rings. The summed E-state index contributed by atoms with van der Waals surface area (Å²) in [5.41, 5.74) is 0. The molecule has 0 aromatic carbocycles. The van der Waals surface area contributed by atoms with Crippen LogP contribution in [0.4, 0.5) is 0 Å². The zero-order valence-electron chi connectivity index (χ0n) is 41.7. The number of nitrogens with zero attached hydrogens (tertiary/aromatic N) is 1. The van der Waals surface area contributed by atoms with Crippen LogP contribution in [0.2, 0.25) is 0 Å². The lowest BCUT2D eigenvalue weighted by Crippen LogP contribution is -2.53. The third-order valence-corrected chi connectivity index (χ3v) is 17.4. The van der Waals surface area contributed by atoms with Crippen molar-refractivity contribution in [1.29, 1.82) is 0 Å². The molecule has 0 spiro atoms. The molecule has 0 amide bonds. The summed E-state index contributed by atoms with van der Waals surface area (Å²) in [6.07, 6.45) is 17.6. The van der Waals surface area contributed by atoms with E-state index in [4.69, 9.17) is 23.2 Å². The van der Waals surface area contributed by atoms with Crippen LogP contribution in [0.25, 0.3) is 0 Å². The fraction of sp³-hybridized carbons (Fsp3) is 1.00. The first-order valence-corrected chi connectivity index (χ1v) is 22.7. The molecule has 2 heterocycles. The maximum atomic E-state index is 8.91. The molecule has 2 saturated heterocycles. The average Bonchev–Trinajstić information content (AvgIpc) is 3.86. The van der Waals surface area contributed by atoms with E-state index in [1.54, 1.807) is 0 Å². The van der Waals surface area contributed by atoms with Gasteiger partial charge in [0.15, 0.2) is 0 Å². The van der Waals surface area contributed by atoms with E-state index in [9.17, 15) is 0 Å². The molecule has 288 valence electrons.